The Labute approximate surface area is 185 Å². The molecule has 0 bridgehead atoms. The molecule has 1 aliphatic rings. The molecule has 1 N–H and O–H groups in total. The molecule has 0 aliphatic carbocycles. The minimum Gasteiger partial charge on any atom is -0.454 e. The van der Waals surface area contributed by atoms with Crippen LogP contribution in [0.2, 0.25) is 0 Å². The molecular weight excluding hydrogens is 434 g/mol. The van der Waals surface area contributed by atoms with Crippen LogP contribution in [0.25, 0.3) is 6.08 Å². The van der Waals surface area contributed by atoms with E-state index in [2.05, 4.69) is 15.5 Å². The van der Waals surface area contributed by atoms with Gasteiger partial charge in [0, 0.05) is 6.08 Å². The Morgan fingerprint density at radius 3 is 2.59 bits per heavy atom. The maximum atomic E-state index is 12.2. The number of ether oxygens (including phenoxy) is 2. The third-order valence-corrected chi connectivity index (χ3v) is 6.92. The zero-order chi connectivity index (χ0) is 22.7. The molecule has 1 aromatic heterocycles. The molecule has 10 heteroatoms. The van der Waals surface area contributed by atoms with Crippen molar-refractivity contribution in [1.29, 1.82) is 0 Å². The van der Waals surface area contributed by atoms with Gasteiger partial charge in [0.15, 0.2) is 21.3 Å². The van der Waals surface area contributed by atoms with E-state index in [0.29, 0.717) is 23.8 Å². The zero-order valence-corrected chi connectivity index (χ0v) is 18.3. The lowest BCUT2D eigenvalue weighted by Gasteiger charge is -2.08. The van der Waals surface area contributed by atoms with E-state index in [9.17, 15) is 13.2 Å². The Morgan fingerprint density at radius 1 is 1.09 bits per heavy atom. The number of aromatic nitrogens is 2. The van der Waals surface area contributed by atoms with Gasteiger partial charge in [-0.3, -0.25) is 10.1 Å². The first kappa shape index (κ1) is 21.6. The highest BCUT2D eigenvalue weighted by Crippen LogP contribution is 2.32. The van der Waals surface area contributed by atoms with Gasteiger partial charge in [-0.15, -0.1) is 5.10 Å². The fraction of sp³-hybridized carbons (Fsp3) is 0.227. The number of carbonyl (C=O) groups is 1. The van der Waals surface area contributed by atoms with Crippen LogP contribution in [0.1, 0.15) is 30.9 Å². The fourth-order valence-electron chi connectivity index (χ4n) is 2.96. The summed E-state index contributed by atoms with van der Waals surface area (Å²) in [6, 6.07) is 11.8. The average molecular weight is 455 g/mol. The number of nitrogens with zero attached hydrogens (tertiary/aromatic N) is 2. The van der Waals surface area contributed by atoms with Crippen molar-refractivity contribution in [3.05, 3.63) is 65.6 Å². The summed E-state index contributed by atoms with van der Waals surface area (Å²) in [6.07, 6.45) is 3.27. The third kappa shape index (κ3) is 4.80. The molecule has 1 amide bonds. The molecule has 166 valence electrons. The first-order valence-electron chi connectivity index (χ1n) is 9.85. The van der Waals surface area contributed by atoms with Gasteiger partial charge in [0.1, 0.15) is 0 Å². The standard InChI is InChI=1S/C22H21N3O6S/c1-14(2)32(27,28)17-7-3-16(4-8-17)12-21-24-25-22(31-21)23-20(26)10-6-15-5-9-18-19(11-15)30-13-29-18/h3-11,14H,12-13H2,1-2H3,(H,23,25,26)/b10-6+. The normalized spacial score (nSPS) is 13.1. The Hall–Kier alpha value is -3.66. The number of sulfone groups is 1. The molecular formula is C22H21N3O6S. The predicted octanol–water partition coefficient (Wildman–Crippen LogP) is 3.22. The van der Waals surface area contributed by atoms with Crippen LogP contribution in [0.5, 0.6) is 11.5 Å². The maximum Gasteiger partial charge on any atom is 0.322 e. The molecule has 0 unspecified atom stereocenters. The number of hydrogen-bond donors (Lipinski definition) is 1. The van der Waals surface area contributed by atoms with E-state index >= 15 is 0 Å². The average Bonchev–Trinajstić information content (AvgIpc) is 3.41. The summed E-state index contributed by atoms with van der Waals surface area (Å²) in [7, 11) is -3.32. The van der Waals surface area contributed by atoms with Gasteiger partial charge in [-0.2, -0.15) is 0 Å². The molecule has 0 saturated heterocycles. The second kappa shape index (κ2) is 8.83. The number of amides is 1. The lowest BCUT2D eigenvalue weighted by Crippen LogP contribution is -2.13. The monoisotopic (exact) mass is 455 g/mol. The molecule has 2 aromatic carbocycles. The Morgan fingerprint density at radius 2 is 1.84 bits per heavy atom. The summed E-state index contributed by atoms with van der Waals surface area (Å²) >= 11 is 0. The molecule has 3 aromatic rings. The summed E-state index contributed by atoms with van der Waals surface area (Å²) in [5, 5.41) is 9.76. The number of carbonyl (C=O) groups excluding carboxylic acids is 1. The van der Waals surface area contributed by atoms with E-state index in [1.807, 2.05) is 0 Å². The molecule has 9 nitrogen and oxygen atoms in total. The van der Waals surface area contributed by atoms with Gasteiger partial charge in [-0.05, 0) is 55.3 Å². The molecule has 4 rings (SSSR count). The molecule has 1 aliphatic heterocycles. The summed E-state index contributed by atoms with van der Waals surface area (Å²) in [5.74, 6) is 1.16. The zero-order valence-electron chi connectivity index (χ0n) is 17.4. The van der Waals surface area contributed by atoms with E-state index in [0.717, 1.165) is 11.1 Å². The SMILES string of the molecule is CC(C)S(=O)(=O)c1ccc(Cc2nnc(NC(=O)/C=C/c3ccc4c(c3)OCO4)o2)cc1. The van der Waals surface area contributed by atoms with Crippen molar-refractivity contribution < 1.29 is 27.1 Å². The third-order valence-electron chi connectivity index (χ3n) is 4.75. The largest absolute Gasteiger partial charge is 0.454 e. The minimum atomic E-state index is -3.32. The number of nitrogens with one attached hydrogen (secondary N) is 1. The van der Waals surface area contributed by atoms with Crippen LogP contribution in [0.4, 0.5) is 6.01 Å². The van der Waals surface area contributed by atoms with Gasteiger partial charge in [0.2, 0.25) is 12.7 Å². The first-order valence-corrected chi connectivity index (χ1v) is 11.4. The van der Waals surface area contributed by atoms with Gasteiger partial charge in [0.25, 0.3) is 5.91 Å². The highest BCUT2D eigenvalue weighted by atomic mass is 32.2. The topological polar surface area (TPSA) is 121 Å². The van der Waals surface area contributed by atoms with E-state index in [4.69, 9.17) is 13.9 Å². The second-order valence-electron chi connectivity index (χ2n) is 7.35. The van der Waals surface area contributed by atoms with Crippen molar-refractivity contribution in [2.45, 2.75) is 30.4 Å². The maximum absolute atomic E-state index is 12.2. The molecule has 32 heavy (non-hydrogen) atoms. The molecule has 0 atom stereocenters. The Bertz CT molecular complexity index is 1260. The van der Waals surface area contributed by atoms with Crippen LogP contribution in [0, 0.1) is 0 Å². The number of rotatable bonds is 7. The van der Waals surface area contributed by atoms with Crippen LogP contribution in [0.3, 0.4) is 0 Å². The van der Waals surface area contributed by atoms with E-state index < -0.39 is 21.0 Å². The van der Waals surface area contributed by atoms with Crippen LogP contribution in [-0.2, 0) is 21.1 Å². The number of benzene rings is 2. The molecule has 0 spiro atoms. The van der Waals surface area contributed by atoms with Crippen molar-refractivity contribution in [2.75, 3.05) is 12.1 Å². The van der Waals surface area contributed by atoms with Crippen molar-refractivity contribution in [2.24, 2.45) is 0 Å². The second-order valence-corrected chi connectivity index (χ2v) is 9.85. The van der Waals surface area contributed by atoms with Gasteiger partial charge in [0.05, 0.1) is 16.6 Å². The van der Waals surface area contributed by atoms with Gasteiger partial charge in [-0.1, -0.05) is 23.3 Å². The van der Waals surface area contributed by atoms with Crippen LogP contribution in [-0.4, -0.2) is 36.6 Å². The lowest BCUT2D eigenvalue weighted by atomic mass is 10.1. The van der Waals surface area contributed by atoms with E-state index in [1.54, 1.807) is 62.4 Å². The predicted molar refractivity (Wildman–Crippen MR) is 116 cm³/mol. The first-order chi connectivity index (χ1) is 15.3. The van der Waals surface area contributed by atoms with Crippen LogP contribution >= 0.6 is 0 Å². The number of anilines is 1. The summed E-state index contributed by atoms with van der Waals surface area (Å²) in [5.41, 5.74) is 1.58. The smallest absolute Gasteiger partial charge is 0.322 e. The summed E-state index contributed by atoms with van der Waals surface area (Å²) in [6.45, 7) is 3.47. The molecule has 0 saturated carbocycles. The van der Waals surface area contributed by atoms with Crippen molar-refractivity contribution in [3.8, 4) is 11.5 Å². The van der Waals surface area contributed by atoms with Crippen molar-refractivity contribution in [3.63, 3.8) is 0 Å². The molecule has 0 radical (unpaired) electrons. The molecule has 0 fully saturated rings. The fourth-order valence-corrected chi connectivity index (χ4v) is 4.01. The number of fused-ring (bicyclic) bond motifs is 1. The van der Waals surface area contributed by atoms with E-state index in [1.165, 1.54) is 6.08 Å². The Balaban J connectivity index is 1.35. The highest BCUT2D eigenvalue weighted by molar-refractivity contribution is 7.92. The van der Waals surface area contributed by atoms with Crippen LogP contribution in [0.15, 0.2) is 57.9 Å². The quantitative estimate of drug-likeness (QED) is 0.539. The van der Waals surface area contributed by atoms with Gasteiger partial charge in [-0.25, -0.2) is 8.42 Å². The van der Waals surface area contributed by atoms with E-state index in [-0.39, 0.29) is 17.7 Å². The highest BCUT2D eigenvalue weighted by Gasteiger charge is 2.19. The number of hydrogen-bond acceptors (Lipinski definition) is 8. The summed E-state index contributed by atoms with van der Waals surface area (Å²) in [4.78, 5) is 12.4. The van der Waals surface area contributed by atoms with Gasteiger partial charge < -0.3 is 13.9 Å². The molecule has 2 heterocycles. The van der Waals surface area contributed by atoms with Crippen molar-refractivity contribution in [1.82, 2.24) is 10.2 Å². The Kier molecular flexibility index (Phi) is 5.95. The minimum absolute atomic E-state index is 0.0284. The summed E-state index contributed by atoms with van der Waals surface area (Å²) < 4.78 is 40.4. The van der Waals surface area contributed by atoms with Gasteiger partial charge >= 0.3 is 6.01 Å². The van der Waals surface area contributed by atoms with Crippen LogP contribution < -0.4 is 14.8 Å². The lowest BCUT2D eigenvalue weighted by molar-refractivity contribution is -0.112. The van der Waals surface area contributed by atoms with Crippen molar-refractivity contribution >= 4 is 27.8 Å².